The Labute approximate surface area is 62.4 Å². The summed E-state index contributed by atoms with van der Waals surface area (Å²) in [5.74, 6) is 0. The van der Waals surface area contributed by atoms with Gasteiger partial charge in [-0.1, -0.05) is 17.7 Å². The monoisotopic (exact) mass is 138 g/mol. The Bertz CT molecular complexity index is 179. The second-order valence-electron chi connectivity index (χ2n) is 3.01. The molecule has 0 fully saturated rings. The van der Waals surface area contributed by atoms with Crippen molar-refractivity contribution in [1.82, 2.24) is 0 Å². The quantitative estimate of drug-likeness (QED) is 0.540. The third-order valence-corrected chi connectivity index (χ3v) is 1.90. The van der Waals surface area contributed by atoms with Gasteiger partial charge < -0.3 is 4.74 Å². The van der Waals surface area contributed by atoms with Gasteiger partial charge in [-0.15, -0.1) is 0 Å². The number of hydrogen-bond acceptors (Lipinski definition) is 1. The molecule has 0 aromatic heterocycles. The van der Waals surface area contributed by atoms with Crippen LogP contribution in [0.1, 0.15) is 20.3 Å². The van der Waals surface area contributed by atoms with Gasteiger partial charge in [-0.2, -0.15) is 0 Å². The molecule has 0 radical (unpaired) electrons. The fourth-order valence-electron chi connectivity index (χ4n) is 1.21. The lowest BCUT2D eigenvalue weighted by atomic mass is 9.94. The molecule has 0 amide bonds. The zero-order valence-electron chi connectivity index (χ0n) is 6.85. The molecule has 0 bridgehead atoms. The minimum atomic E-state index is -0.0567. The Morgan fingerprint density at radius 3 is 2.70 bits per heavy atom. The first-order valence-electron chi connectivity index (χ1n) is 3.57. The third kappa shape index (κ3) is 1.48. The number of allylic oxidation sites excluding steroid dienone is 2. The second kappa shape index (κ2) is 2.59. The molecule has 56 valence electrons. The van der Waals surface area contributed by atoms with Crippen LogP contribution < -0.4 is 0 Å². The summed E-state index contributed by atoms with van der Waals surface area (Å²) in [6.07, 6.45) is 7.42. The summed E-state index contributed by atoms with van der Waals surface area (Å²) in [6, 6.07) is 0. The molecule has 0 spiro atoms. The molecule has 1 unspecified atom stereocenters. The largest absolute Gasteiger partial charge is 0.374 e. The first kappa shape index (κ1) is 7.55. The van der Waals surface area contributed by atoms with E-state index in [1.165, 1.54) is 5.57 Å². The molecule has 1 rings (SSSR count). The first-order chi connectivity index (χ1) is 4.66. The van der Waals surface area contributed by atoms with E-state index in [4.69, 9.17) is 4.74 Å². The van der Waals surface area contributed by atoms with Gasteiger partial charge in [0.1, 0.15) is 0 Å². The number of ether oxygens (including phenoxy) is 1. The van der Waals surface area contributed by atoms with Gasteiger partial charge in [0, 0.05) is 7.11 Å². The molecule has 0 aromatic rings. The lowest BCUT2D eigenvalue weighted by Gasteiger charge is -2.25. The van der Waals surface area contributed by atoms with Crippen LogP contribution in [-0.4, -0.2) is 12.7 Å². The first-order valence-corrected chi connectivity index (χ1v) is 3.57. The van der Waals surface area contributed by atoms with Gasteiger partial charge in [-0.3, -0.25) is 0 Å². The molecule has 0 saturated carbocycles. The van der Waals surface area contributed by atoms with Crippen LogP contribution in [0.5, 0.6) is 0 Å². The van der Waals surface area contributed by atoms with E-state index in [-0.39, 0.29) is 5.60 Å². The predicted octanol–water partition coefficient (Wildman–Crippen LogP) is 2.30. The summed E-state index contributed by atoms with van der Waals surface area (Å²) in [5.41, 5.74) is 1.23. The van der Waals surface area contributed by atoms with Crippen molar-refractivity contribution in [1.29, 1.82) is 0 Å². The molecule has 0 aliphatic heterocycles. The third-order valence-electron chi connectivity index (χ3n) is 1.90. The van der Waals surface area contributed by atoms with Crippen molar-refractivity contribution in [2.45, 2.75) is 25.9 Å². The molecule has 1 nitrogen and oxygen atoms in total. The van der Waals surface area contributed by atoms with E-state index < -0.39 is 0 Å². The highest BCUT2D eigenvalue weighted by atomic mass is 16.5. The van der Waals surface area contributed by atoms with Crippen LogP contribution in [0.3, 0.4) is 0 Å². The van der Waals surface area contributed by atoms with E-state index in [0.717, 1.165) is 6.42 Å². The van der Waals surface area contributed by atoms with E-state index in [1.807, 2.05) is 0 Å². The molecule has 10 heavy (non-hydrogen) atoms. The molecule has 1 atom stereocenters. The molecular weight excluding hydrogens is 124 g/mol. The Balaban J connectivity index is 2.76. The summed E-state index contributed by atoms with van der Waals surface area (Å²) in [7, 11) is 1.75. The summed E-state index contributed by atoms with van der Waals surface area (Å²) in [5, 5.41) is 0. The zero-order valence-corrected chi connectivity index (χ0v) is 6.85. The Morgan fingerprint density at radius 1 is 1.60 bits per heavy atom. The van der Waals surface area contributed by atoms with Crippen LogP contribution in [-0.2, 0) is 4.74 Å². The van der Waals surface area contributed by atoms with Gasteiger partial charge in [0.15, 0.2) is 0 Å². The standard InChI is InChI=1S/C9H14O/c1-8-5-4-6-9(2,7-8)10-3/h4-5,7H,6H2,1-3H3. The van der Waals surface area contributed by atoms with Gasteiger partial charge in [-0.05, 0) is 26.3 Å². The van der Waals surface area contributed by atoms with Crippen LogP contribution in [0.4, 0.5) is 0 Å². The van der Waals surface area contributed by atoms with E-state index in [0.29, 0.717) is 0 Å². The summed E-state index contributed by atoms with van der Waals surface area (Å²) < 4.78 is 5.32. The highest BCUT2D eigenvalue weighted by molar-refractivity contribution is 5.25. The molecule has 1 heteroatoms. The second-order valence-corrected chi connectivity index (χ2v) is 3.01. The van der Waals surface area contributed by atoms with Crippen LogP contribution in [0, 0.1) is 0 Å². The molecule has 0 aromatic carbocycles. The summed E-state index contributed by atoms with van der Waals surface area (Å²) in [4.78, 5) is 0. The predicted molar refractivity (Wildman–Crippen MR) is 42.9 cm³/mol. The smallest absolute Gasteiger partial charge is 0.0870 e. The average Bonchev–Trinajstić information content (AvgIpc) is 1.88. The number of methoxy groups -OCH3 is 1. The van der Waals surface area contributed by atoms with Crippen molar-refractivity contribution >= 4 is 0 Å². The lowest BCUT2D eigenvalue weighted by Crippen LogP contribution is -2.25. The molecule has 0 N–H and O–H groups in total. The maximum atomic E-state index is 5.32. The van der Waals surface area contributed by atoms with Gasteiger partial charge >= 0.3 is 0 Å². The number of hydrogen-bond donors (Lipinski definition) is 0. The van der Waals surface area contributed by atoms with E-state index in [1.54, 1.807) is 7.11 Å². The topological polar surface area (TPSA) is 9.23 Å². The minimum Gasteiger partial charge on any atom is -0.374 e. The minimum absolute atomic E-state index is 0.0567. The summed E-state index contributed by atoms with van der Waals surface area (Å²) in [6.45, 7) is 4.19. The number of rotatable bonds is 1. The fourth-order valence-corrected chi connectivity index (χ4v) is 1.21. The van der Waals surface area contributed by atoms with Crippen molar-refractivity contribution in [3.8, 4) is 0 Å². The van der Waals surface area contributed by atoms with Gasteiger partial charge in [0.2, 0.25) is 0 Å². The van der Waals surface area contributed by atoms with Crippen molar-refractivity contribution in [3.63, 3.8) is 0 Å². The lowest BCUT2D eigenvalue weighted by molar-refractivity contribution is 0.0499. The van der Waals surface area contributed by atoms with Gasteiger partial charge in [0.25, 0.3) is 0 Å². The molecule has 1 aliphatic rings. The van der Waals surface area contributed by atoms with Crippen LogP contribution in [0.25, 0.3) is 0 Å². The van der Waals surface area contributed by atoms with Crippen LogP contribution in [0.2, 0.25) is 0 Å². The van der Waals surface area contributed by atoms with Crippen molar-refractivity contribution in [2.75, 3.05) is 7.11 Å². The zero-order chi connectivity index (χ0) is 7.61. The highest BCUT2D eigenvalue weighted by Gasteiger charge is 2.20. The van der Waals surface area contributed by atoms with Crippen molar-refractivity contribution < 1.29 is 4.74 Å². The summed E-state index contributed by atoms with van der Waals surface area (Å²) >= 11 is 0. The van der Waals surface area contributed by atoms with Crippen LogP contribution >= 0.6 is 0 Å². The van der Waals surface area contributed by atoms with Crippen molar-refractivity contribution in [3.05, 3.63) is 23.8 Å². The van der Waals surface area contributed by atoms with Gasteiger partial charge in [-0.25, -0.2) is 0 Å². The molecule has 0 saturated heterocycles. The Hall–Kier alpha value is -0.560. The van der Waals surface area contributed by atoms with E-state index in [2.05, 4.69) is 32.1 Å². The molecular formula is C9H14O. The maximum absolute atomic E-state index is 5.32. The molecule has 1 aliphatic carbocycles. The molecule has 0 heterocycles. The highest BCUT2D eigenvalue weighted by Crippen LogP contribution is 2.23. The Kier molecular flexibility index (Phi) is 1.95. The Morgan fingerprint density at radius 2 is 2.30 bits per heavy atom. The van der Waals surface area contributed by atoms with Crippen molar-refractivity contribution in [2.24, 2.45) is 0 Å². The normalized spacial score (nSPS) is 32.1. The van der Waals surface area contributed by atoms with Gasteiger partial charge in [0.05, 0.1) is 5.60 Å². The maximum Gasteiger partial charge on any atom is 0.0870 e. The van der Waals surface area contributed by atoms with E-state index in [9.17, 15) is 0 Å². The average molecular weight is 138 g/mol. The van der Waals surface area contributed by atoms with E-state index >= 15 is 0 Å². The SMILES string of the molecule is COC1(C)C=C(C)C=CC1. The fraction of sp³-hybridized carbons (Fsp3) is 0.556. The van der Waals surface area contributed by atoms with Crippen LogP contribution in [0.15, 0.2) is 23.8 Å².